The Morgan fingerprint density at radius 1 is 0.258 bits per heavy atom. The van der Waals surface area contributed by atoms with Crippen molar-refractivity contribution in [1.29, 1.82) is 0 Å². The van der Waals surface area contributed by atoms with Gasteiger partial charge in [0.2, 0.25) is 0 Å². The normalized spacial score (nSPS) is 11.6. The summed E-state index contributed by atoms with van der Waals surface area (Å²) in [6.45, 7) is 0. The molecular formula is C63H39N3. The van der Waals surface area contributed by atoms with Crippen LogP contribution >= 0.6 is 0 Å². The van der Waals surface area contributed by atoms with Gasteiger partial charge in [-0.25, -0.2) is 9.97 Å². The third kappa shape index (κ3) is 6.32. The van der Waals surface area contributed by atoms with Crippen molar-refractivity contribution in [3.63, 3.8) is 0 Å². The van der Waals surface area contributed by atoms with Crippen molar-refractivity contribution in [2.45, 2.75) is 0 Å². The summed E-state index contributed by atoms with van der Waals surface area (Å²) in [5, 5.41) is 15.2. The Kier molecular flexibility index (Phi) is 8.85. The molecule has 0 aliphatic carbocycles. The fraction of sp³-hybridized carbons (Fsp3) is 0. The van der Waals surface area contributed by atoms with Gasteiger partial charge in [-0.05, 0) is 122 Å². The molecule has 0 aliphatic heterocycles. The second kappa shape index (κ2) is 15.5. The van der Waals surface area contributed by atoms with Gasteiger partial charge in [0.15, 0.2) is 5.82 Å². The molecule has 13 aromatic rings. The summed E-state index contributed by atoms with van der Waals surface area (Å²) in [5.74, 6) is 0.678. The maximum Gasteiger partial charge on any atom is 0.160 e. The van der Waals surface area contributed by atoms with Crippen molar-refractivity contribution in [1.82, 2.24) is 15.0 Å². The molecular weight excluding hydrogens is 799 g/mol. The first-order valence-electron chi connectivity index (χ1n) is 22.5. The number of hydrogen-bond donors (Lipinski definition) is 0. The average Bonchev–Trinajstić information content (AvgIpc) is 3.40. The van der Waals surface area contributed by atoms with Gasteiger partial charge < -0.3 is 0 Å². The summed E-state index contributed by atoms with van der Waals surface area (Å²) < 4.78 is 0. The van der Waals surface area contributed by atoms with E-state index in [1.54, 1.807) is 6.20 Å². The van der Waals surface area contributed by atoms with Gasteiger partial charge >= 0.3 is 0 Å². The van der Waals surface area contributed by atoms with E-state index in [2.05, 4.69) is 223 Å². The second-order valence-corrected chi connectivity index (χ2v) is 17.1. The van der Waals surface area contributed by atoms with E-state index in [0.717, 1.165) is 50.3 Å². The van der Waals surface area contributed by atoms with Crippen LogP contribution in [0.5, 0.6) is 0 Å². The largest absolute Gasteiger partial charge is 0.264 e. The molecule has 0 unspecified atom stereocenters. The van der Waals surface area contributed by atoms with Crippen LogP contribution in [0.1, 0.15) is 0 Å². The molecule has 0 saturated carbocycles. The standard InChI is InChI=1S/C63H39N3/c1-2-14-48-46(12-1)36-57(52-18-5-3-15-49(48)52)41-27-33-45(34-28-41)63-65-60(43-29-23-40(24-30-43)47-13-11-35-64-39-47)38-61(66-63)44-31-25-42(26-32-44)58-37-59-53-19-6-4-16-50(53)51-17-7-9-21-55(51)62(59)56-22-10-8-20-54(56)58/h1-39H. The predicted molar refractivity (Wildman–Crippen MR) is 277 cm³/mol. The molecule has 0 radical (unpaired) electrons. The maximum absolute atomic E-state index is 5.29. The van der Waals surface area contributed by atoms with E-state index in [0.29, 0.717) is 5.82 Å². The summed E-state index contributed by atoms with van der Waals surface area (Å²) in [6.07, 6.45) is 3.70. The van der Waals surface area contributed by atoms with E-state index >= 15 is 0 Å². The number of nitrogens with zero attached hydrogens (tertiary/aromatic N) is 3. The van der Waals surface area contributed by atoms with Gasteiger partial charge in [0.25, 0.3) is 0 Å². The van der Waals surface area contributed by atoms with Crippen molar-refractivity contribution in [2.75, 3.05) is 0 Å². The molecule has 0 bridgehead atoms. The number of pyridine rings is 1. The lowest BCUT2D eigenvalue weighted by molar-refractivity contribution is 1.18. The average molecular weight is 838 g/mol. The Balaban J connectivity index is 0.932. The van der Waals surface area contributed by atoms with Crippen LogP contribution in [-0.4, -0.2) is 15.0 Å². The topological polar surface area (TPSA) is 38.7 Å². The Labute approximate surface area is 382 Å². The fourth-order valence-electron chi connectivity index (χ4n) is 10.2. The number of hydrogen-bond acceptors (Lipinski definition) is 3. The van der Waals surface area contributed by atoms with Gasteiger partial charge in [-0.15, -0.1) is 0 Å². The fourth-order valence-corrected chi connectivity index (χ4v) is 10.2. The highest BCUT2D eigenvalue weighted by Gasteiger charge is 2.17. The molecule has 0 N–H and O–H groups in total. The molecule has 3 heteroatoms. The molecule has 0 saturated heterocycles. The molecule has 2 heterocycles. The van der Waals surface area contributed by atoms with Crippen molar-refractivity contribution in [2.24, 2.45) is 0 Å². The molecule has 66 heavy (non-hydrogen) atoms. The van der Waals surface area contributed by atoms with E-state index in [-0.39, 0.29) is 0 Å². The molecule has 0 spiro atoms. The first-order chi connectivity index (χ1) is 32.7. The number of fused-ring (bicyclic) bond motifs is 11. The van der Waals surface area contributed by atoms with Crippen molar-refractivity contribution >= 4 is 64.6 Å². The summed E-state index contributed by atoms with van der Waals surface area (Å²) in [6, 6.07) is 80.9. The zero-order valence-corrected chi connectivity index (χ0v) is 35.9. The highest BCUT2D eigenvalue weighted by molar-refractivity contribution is 6.33. The van der Waals surface area contributed by atoms with E-state index < -0.39 is 0 Å². The lowest BCUT2D eigenvalue weighted by Gasteiger charge is -2.16. The van der Waals surface area contributed by atoms with Crippen LogP contribution < -0.4 is 0 Å². The first-order valence-corrected chi connectivity index (χ1v) is 22.5. The predicted octanol–water partition coefficient (Wildman–Crippen LogP) is 16.8. The van der Waals surface area contributed by atoms with Crippen LogP contribution in [0.3, 0.4) is 0 Å². The highest BCUT2D eigenvalue weighted by Crippen LogP contribution is 2.43. The highest BCUT2D eigenvalue weighted by atomic mass is 14.9. The van der Waals surface area contributed by atoms with E-state index in [1.807, 2.05) is 12.3 Å². The Morgan fingerprint density at radius 3 is 1.27 bits per heavy atom. The summed E-state index contributed by atoms with van der Waals surface area (Å²) in [4.78, 5) is 14.9. The minimum Gasteiger partial charge on any atom is -0.264 e. The quantitative estimate of drug-likeness (QED) is 0.157. The van der Waals surface area contributed by atoms with Crippen LogP contribution in [0.2, 0.25) is 0 Å². The van der Waals surface area contributed by atoms with Gasteiger partial charge in [-0.2, -0.15) is 0 Å². The monoisotopic (exact) mass is 837 g/mol. The van der Waals surface area contributed by atoms with Crippen molar-refractivity contribution in [3.8, 4) is 67.3 Å². The summed E-state index contributed by atoms with van der Waals surface area (Å²) in [7, 11) is 0. The third-order valence-electron chi connectivity index (χ3n) is 13.4. The van der Waals surface area contributed by atoms with Crippen molar-refractivity contribution < 1.29 is 0 Å². The van der Waals surface area contributed by atoms with Crippen molar-refractivity contribution in [3.05, 3.63) is 237 Å². The van der Waals surface area contributed by atoms with Gasteiger partial charge in [0, 0.05) is 29.1 Å². The molecule has 2 aromatic heterocycles. The summed E-state index contributed by atoms with van der Waals surface area (Å²) in [5.41, 5.74) is 11.6. The lowest BCUT2D eigenvalue weighted by atomic mass is 9.87. The molecule has 0 amide bonds. The Hall–Kier alpha value is -8.79. The minimum atomic E-state index is 0.678. The summed E-state index contributed by atoms with van der Waals surface area (Å²) >= 11 is 0. The van der Waals surface area contributed by atoms with Gasteiger partial charge in [-0.3, -0.25) is 4.98 Å². The molecule has 0 aliphatic rings. The minimum absolute atomic E-state index is 0.678. The lowest BCUT2D eigenvalue weighted by Crippen LogP contribution is -1.96. The number of benzene rings is 11. The van der Waals surface area contributed by atoms with Gasteiger partial charge in [0.05, 0.1) is 11.4 Å². The SMILES string of the molecule is c1cncc(-c2ccc(-c3cc(-c4ccc(-c5cc6c7ccccc7c7ccccc7c6c6ccccc56)cc4)nc(-c4ccc(-c5cc6ccccc6c6ccccc56)cc4)n3)cc2)c1. The van der Waals surface area contributed by atoms with Crippen LogP contribution in [0.15, 0.2) is 237 Å². The van der Waals surface area contributed by atoms with Crippen LogP contribution in [-0.2, 0) is 0 Å². The Bertz CT molecular complexity index is 4010. The molecule has 0 atom stereocenters. The van der Waals surface area contributed by atoms with E-state index in [4.69, 9.17) is 9.97 Å². The third-order valence-corrected chi connectivity index (χ3v) is 13.4. The van der Waals surface area contributed by atoms with Crippen LogP contribution in [0.25, 0.3) is 132 Å². The molecule has 13 rings (SSSR count). The zero-order valence-electron chi connectivity index (χ0n) is 35.9. The number of aromatic nitrogens is 3. The van der Waals surface area contributed by atoms with E-state index in [1.165, 1.54) is 75.8 Å². The van der Waals surface area contributed by atoms with Crippen LogP contribution in [0, 0.1) is 0 Å². The van der Waals surface area contributed by atoms with Crippen LogP contribution in [0.4, 0.5) is 0 Å². The first kappa shape index (κ1) is 37.7. The maximum atomic E-state index is 5.29. The van der Waals surface area contributed by atoms with E-state index in [9.17, 15) is 0 Å². The number of rotatable bonds is 6. The van der Waals surface area contributed by atoms with Gasteiger partial charge in [0.1, 0.15) is 0 Å². The zero-order chi connectivity index (χ0) is 43.6. The molecule has 0 fully saturated rings. The molecule has 306 valence electrons. The smallest absolute Gasteiger partial charge is 0.160 e. The molecule has 3 nitrogen and oxygen atoms in total. The molecule has 11 aromatic carbocycles. The second-order valence-electron chi connectivity index (χ2n) is 17.1. The Morgan fingerprint density at radius 2 is 0.682 bits per heavy atom. The van der Waals surface area contributed by atoms with Gasteiger partial charge in [-0.1, -0.05) is 200 Å².